The molecule has 0 aromatic carbocycles. The normalized spacial score (nSPS) is 52.1. The Morgan fingerprint density at radius 1 is 1.03 bits per heavy atom. The van der Waals surface area contributed by atoms with Crippen LogP contribution < -0.4 is 0 Å². The summed E-state index contributed by atoms with van der Waals surface area (Å²) < 4.78 is 2.74. The molecule has 2 saturated heterocycles. The van der Waals surface area contributed by atoms with Crippen LogP contribution in [0.4, 0.5) is 0 Å². The van der Waals surface area contributed by atoms with Gasteiger partial charge in [-0.3, -0.25) is 0 Å². The molecule has 4 nitrogen and oxygen atoms in total. The molecule has 198 valence electrons. The zero-order chi connectivity index (χ0) is 25.1. The van der Waals surface area contributed by atoms with E-state index in [0.717, 1.165) is 29.1 Å². The summed E-state index contributed by atoms with van der Waals surface area (Å²) in [5, 5.41) is 43.0. The Labute approximate surface area is 215 Å². The van der Waals surface area contributed by atoms with Crippen molar-refractivity contribution in [1.82, 2.24) is 0 Å². The van der Waals surface area contributed by atoms with Crippen molar-refractivity contribution >= 4 is 19.8 Å². The monoisotopic (exact) mass is 590 g/mol. The molecule has 2 aliphatic heterocycles. The maximum absolute atomic E-state index is 11.5. The van der Waals surface area contributed by atoms with Crippen LogP contribution >= 0.6 is 19.8 Å². The van der Waals surface area contributed by atoms with Crippen molar-refractivity contribution in [2.45, 2.75) is 131 Å². The summed E-state index contributed by atoms with van der Waals surface area (Å²) >= 11 is -1.34. The second-order valence-electron chi connectivity index (χ2n) is 14.5. The van der Waals surface area contributed by atoms with Crippen LogP contribution in [0.2, 0.25) is 0 Å². The number of hydrogen-bond donors (Lipinski definition) is 4. The van der Waals surface area contributed by atoms with Gasteiger partial charge in [-0.15, -0.1) is 0 Å². The van der Waals surface area contributed by atoms with Gasteiger partial charge in [-0.2, -0.15) is 0 Å². The first-order valence-electron chi connectivity index (χ1n) is 14.1. The molecule has 11 atom stereocenters. The van der Waals surface area contributed by atoms with E-state index in [9.17, 15) is 20.4 Å². The average Bonchev–Trinajstić information content (AvgIpc) is 3.14. The van der Waals surface area contributed by atoms with Gasteiger partial charge in [0.15, 0.2) is 0 Å². The van der Waals surface area contributed by atoms with Crippen LogP contribution in [0.5, 0.6) is 0 Å². The fourth-order valence-corrected chi connectivity index (χ4v) is 23.4. The first-order valence-corrected chi connectivity index (χ1v) is 17.9. The SMILES string of the molecule is C[C@H](CC[C@@H](O)C(C)(C)O)C1[C@@H](O)CC2I3CCC4C(C)(C)[C@@H](O)CCC45[C@@H](C)[C@@]35CC[C@]12C. The molecule has 0 amide bonds. The summed E-state index contributed by atoms with van der Waals surface area (Å²) in [6.07, 6.45) is 7.51. The molecule has 5 aliphatic rings. The number of hydrogen-bond acceptors (Lipinski definition) is 4. The molecule has 5 fully saturated rings. The number of aliphatic hydroxyl groups excluding tert-OH is 3. The van der Waals surface area contributed by atoms with Crippen LogP contribution in [0.15, 0.2) is 0 Å². The topological polar surface area (TPSA) is 80.9 Å². The Morgan fingerprint density at radius 3 is 2.35 bits per heavy atom. The molecule has 2 heterocycles. The van der Waals surface area contributed by atoms with Gasteiger partial charge in [-0.1, -0.05) is 0 Å². The summed E-state index contributed by atoms with van der Waals surface area (Å²) in [7, 11) is 0. The van der Waals surface area contributed by atoms with E-state index in [4.69, 9.17) is 0 Å². The Balaban J connectivity index is 1.39. The van der Waals surface area contributed by atoms with Gasteiger partial charge in [-0.05, 0) is 0 Å². The van der Waals surface area contributed by atoms with Gasteiger partial charge < -0.3 is 0 Å². The zero-order valence-corrected chi connectivity index (χ0v) is 24.8. The molecule has 3 aliphatic carbocycles. The predicted octanol–water partition coefficient (Wildman–Crippen LogP) is 5.17. The molecular formula is C29H51IO4. The molecular weight excluding hydrogens is 539 g/mol. The van der Waals surface area contributed by atoms with Gasteiger partial charge in [0, 0.05) is 0 Å². The van der Waals surface area contributed by atoms with Crippen molar-refractivity contribution in [1.29, 1.82) is 0 Å². The number of fused-ring (bicyclic) bond motifs is 2. The van der Waals surface area contributed by atoms with E-state index in [2.05, 4.69) is 34.6 Å². The second-order valence-corrected chi connectivity index (χ2v) is 21.2. The second kappa shape index (κ2) is 8.04. The summed E-state index contributed by atoms with van der Waals surface area (Å²) in [6.45, 7) is 15.4. The molecule has 5 heteroatoms. The fraction of sp³-hybridized carbons (Fsp3) is 1.00. The Bertz CT molecular complexity index is 808. The molecule has 3 saturated carbocycles. The van der Waals surface area contributed by atoms with E-state index in [1.165, 1.54) is 30.1 Å². The van der Waals surface area contributed by atoms with Gasteiger partial charge in [0.1, 0.15) is 0 Å². The van der Waals surface area contributed by atoms with E-state index >= 15 is 0 Å². The first-order chi connectivity index (χ1) is 15.7. The minimum absolute atomic E-state index is 0.0343. The standard InChI is InChI=1S/C29H51IO4/c1-17(8-9-23(33)26(5,6)34)24-19(31)16-21-27(24,7)13-14-29-18(2)28(29)12-10-22(32)25(3,4)20(28)11-15-30(21)29/h17-24,31-34H,8-16H2,1-7H3/t17-,18-,19+,20?,21?,22+,23-,24?,27+,28?,29-/m1/s1. The van der Waals surface area contributed by atoms with E-state index in [1.54, 1.807) is 13.8 Å². The van der Waals surface area contributed by atoms with Crippen molar-refractivity contribution in [3.8, 4) is 0 Å². The molecule has 2 spiro atoms. The Morgan fingerprint density at radius 2 is 1.71 bits per heavy atom. The van der Waals surface area contributed by atoms with Gasteiger partial charge in [0.25, 0.3) is 0 Å². The van der Waals surface area contributed by atoms with Crippen molar-refractivity contribution in [3.63, 3.8) is 0 Å². The molecule has 4 unspecified atom stereocenters. The number of aliphatic hydroxyl groups is 4. The molecule has 34 heavy (non-hydrogen) atoms. The van der Waals surface area contributed by atoms with E-state index < -0.39 is 31.5 Å². The van der Waals surface area contributed by atoms with Crippen LogP contribution in [0.25, 0.3) is 0 Å². The molecule has 4 N–H and O–H groups in total. The molecule has 0 radical (unpaired) electrons. The summed E-state index contributed by atoms with van der Waals surface area (Å²) in [4.78, 5) is 0. The fourth-order valence-electron chi connectivity index (χ4n) is 10.5. The zero-order valence-electron chi connectivity index (χ0n) is 22.6. The third-order valence-electron chi connectivity index (χ3n) is 12.4. The third-order valence-corrected chi connectivity index (χ3v) is 22.9. The predicted molar refractivity (Wildman–Crippen MR) is 146 cm³/mol. The average molecular weight is 591 g/mol. The van der Waals surface area contributed by atoms with Crippen LogP contribution in [0.3, 0.4) is 0 Å². The molecule has 0 bridgehead atoms. The summed E-state index contributed by atoms with van der Waals surface area (Å²) in [5.74, 6) is 2.15. The van der Waals surface area contributed by atoms with Crippen molar-refractivity contribution in [2.75, 3.05) is 4.43 Å². The minimum atomic E-state index is -1.34. The van der Waals surface area contributed by atoms with E-state index in [1.807, 2.05) is 0 Å². The number of halogens is 1. The number of rotatable bonds is 5. The van der Waals surface area contributed by atoms with E-state index in [-0.39, 0.29) is 23.0 Å². The van der Waals surface area contributed by atoms with Crippen molar-refractivity contribution in [2.24, 2.45) is 39.9 Å². The summed E-state index contributed by atoms with van der Waals surface area (Å²) in [5.41, 5.74) is -0.325. The van der Waals surface area contributed by atoms with Crippen LogP contribution in [0, 0.1) is 39.9 Å². The van der Waals surface area contributed by atoms with Crippen LogP contribution in [-0.4, -0.2) is 56.1 Å². The molecule has 0 aromatic rings. The van der Waals surface area contributed by atoms with Gasteiger partial charge in [-0.25, -0.2) is 0 Å². The molecule has 0 aromatic heterocycles. The Hall–Kier alpha value is 0.570. The summed E-state index contributed by atoms with van der Waals surface area (Å²) in [6, 6.07) is 0. The van der Waals surface area contributed by atoms with Crippen molar-refractivity contribution in [3.05, 3.63) is 0 Å². The first kappa shape index (κ1) is 26.2. The van der Waals surface area contributed by atoms with Gasteiger partial charge in [0.05, 0.1) is 0 Å². The van der Waals surface area contributed by atoms with Crippen molar-refractivity contribution < 1.29 is 20.4 Å². The maximum atomic E-state index is 11.5. The number of alkyl halides is 3. The quantitative estimate of drug-likeness (QED) is 0.263. The Kier molecular flexibility index (Phi) is 6.19. The third kappa shape index (κ3) is 3.21. The van der Waals surface area contributed by atoms with Crippen LogP contribution in [0.1, 0.15) is 99.8 Å². The molecule has 5 rings (SSSR count). The van der Waals surface area contributed by atoms with Crippen LogP contribution in [-0.2, 0) is 0 Å². The van der Waals surface area contributed by atoms with E-state index in [0.29, 0.717) is 33.0 Å². The van der Waals surface area contributed by atoms with Gasteiger partial charge >= 0.3 is 216 Å². The van der Waals surface area contributed by atoms with Gasteiger partial charge in [0.2, 0.25) is 0 Å².